The Labute approximate surface area is 161 Å². The molecule has 0 saturated carbocycles. The van der Waals surface area contributed by atoms with Gasteiger partial charge in [-0.05, 0) is 45.6 Å². The average molecular weight is 405 g/mol. The van der Waals surface area contributed by atoms with Gasteiger partial charge in [-0.1, -0.05) is 11.6 Å². The van der Waals surface area contributed by atoms with Gasteiger partial charge in [0.2, 0.25) is 0 Å². The van der Waals surface area contributed by atoms with Gasteiger partial charge in [0.1, 0.15) is 0 Å². The molecule has 1 aromatic heterocycles. The molecule has 2 rings (SSSR count). The van der Waals surface area contributed by atoms with Crippen LogP contribution in [0.3, 0.4) is 0 Å². The normalized spacial score (nSPS) is 12.2. The molecule has 0 bridgehead atoms. The van der Waals surface area contributed by atoms with E-state index in [4.69, 9.17) is 16.3 Å². The van der Waals surface area contributed by atoms with Crippen molar-refractivity contribution in [2.24, 2.45) is 0 Å². The second kappa shape index (κ2) is 8.95. The van der Waals surface area contributed by atoms with Crippen molar-refractivity contribution in [2.45, 2.75) is 32.7 Å². The molecular weight excluding hydrogens is 381 g/mol. The first-order valence-electron chi connectivity index (χ1n) is 8.57. The van der Waals surface area contributed by atoms with Gasteiger partial charge in [-0.2, -0.15) is 18.3 Å². The predicted molar refractivity (Wildman–Crippen MR) is 100 cm³/mol. The molecule has 0 aliphatic carbocycles. The van der Waals surface area contributed by atoms with E-state index < -0.39 is 17.8 Å². The number of hydrogen-bond donors (Lipinski definition) is 2. The van der Waals surface area contributed by atoms with Crippen LogP contribution in [0.25, 0.3) is 11.1 Å². The zero-order valence-electron chi connectivity index (χ0n) is 15.7. The lowest BCUT2D eigenvalue weighted by atomic mass is 10.0. The summed E-state index contributed by atoms with van der Waals surface area (Å²) in [5.74, 6) is -0.348. The van der Waals surface area contributed by atoms with Crippen molar-refractivity contribution >= 4 is 11.6 Å². The van der Waals surface area contributed by atoms with Gasteiger partial charge in [0.05, 0.1) is 22.4 Å². The van der Waals surface area contributed by atoms with Gasteiger partial charge in [0, 0.05) is 31.4 Å². The summed E-state index contributed by atoms with van der Waals surface area (Å²) in [6, 6.07) is 2.54. The third-order valence-corrected chi connectivity index (χ3v) is 4.18. The topological polar surface area (TPSA) is 53.2 Å². The molecule has 0 spiro atoms. The SMILES string of the molecule is CNCCN(C)Cc1n[nH]cc1-c1cc(Cl)c(OC(C)C)c(C(F)(F)F)c1. The summed E-state index contributed by atoms with van der Waals surface area (Å²) in [6.07, 6.45) is -3.44. The van der Waals surface area contributed by atoms with Crippen molar-refractivity contribution in [1.82, 2.24) is 20.4 Å². The molecule has 27 heavy (non-hydrogen) atoms. The van der Waals surface area contributed by atoms with Crippen LogP contribution in [0.2, 0.25) is 5.02 Å². The second-order valence-corrected chi connectivity index (χ2v) is 6.99. The van der Waals surface area contributed by atoms with Crippen LogP contribution in [0.4, 0.5) is 13.2 Å². The van der Waals surface area contributed by atoms with Crippen molar-refractivity contribution in [3.05, 3.63) is 34.6 Å². The molecular formula is C18H24ClF3N4O. The Hall–Kier alpha value is -1.77. The predicted octanol–water partition coefficient (Wildman–Crippen LogP) is 4.19. The third kappa shape index (κ3) is 5.60. The van der Waals surface area contributed by atoms with E-state index in [9.17, 15) is 13.2 Å². The minimum Gasteiger partial charge on any atom is -0.489 e. The number of alkyl halides is 3. The van der Waals surface area contributed by atoms with Gasteiger partial charge in [0.15, 0.2) is 5.75 Å². The van der Waals surface area contributed by atoms with Crippen LogP contribution in [0.15, 0.2) is 18.3 Å². The Morgan fingerprint density at radius 2 is 2.04 bits per heavy atom. The molecule has 9 heteroatoms. The van der Waals surface area contributed by atoms with Crippen LogP contribution >= 0.6 is 11.6 Å². The Morgan fingerprint density at radius 3 is 2.63 bits per heavy atom. The zero-order valence-corrected chi connectivity index (χ0v) is 16.5. The lowest BCUT2D eigenvalue weighted by Gasteiger charge is -2.19. The first kappa shape index (κ1) is 21.5. The monoisotopic (exact) mass is 404 g/mol. The van der Waals surface area contributed by atoms with Crippen molar-refractivity contribution in [3.8, 4) is 16.9 Å². The summed E-state index contributed by atoms with van der Waals surface area (Å²) in [7, 11) is 3.78. The molecule has 5 nitrogen and oxygen atoms in total. The lowest BCUT2D eigenvalue weighted by molar-refractivity contribution is -0.139. The number of aromatic nitrogens is 2. The molecule has 0 atom stereocenters. The maximum Gasteiger partial charge on any atom is 0.420 e. The summed E-state index contributed by atoms with van der Waals surface area (Å²) in [5, 5.41) is 9.90. The average Bonchev–Trinajstić information content (AvgIpc) is 3.01. The highest BCUT2D eigenvalue weighted by Gasteiger charge is 2.36. The lowest BCUT2D eigenvalue weighted by Crippen LogP contribution is -2.27. The van der Waals surface area contributed by atoms with Gasteiger partial charge in [-0.15, -0.1) is 0 Å². The van der Waals surface area contributed by atoms with E-state index in [1.807, 2.05) is 19.0 Å². The van der Waals surface area contributed by atoms with Gasteiger partial charge in [0.25, 0.3) is 0 Å². The molecule has 0 fully saturated rings. The maximum atomic E-state index is 13.6. The Bertz CT molecular complexity index is 762. The van der Waals surface area contributed by atoms with Gasteiger partial charge >= 0.3 is 6.18 Å². The molecule has 0 unspecified atom stereocenters. The number of nitrogens with zero attached hydrogens (tertiary/aromatic N) is 2. The highest BCUT2D eigenvalue weighted by molar-refractivity contribution is 6.32. The van der Waals surface area contributed by atoms with Gasteiger partial charge in [-0.25, -0.2) is 0 Å². The minimum absolute atomic E-state index is 0.0794. The first-order valence-corrected chi connectivity index (χ1v) is 8.94. The fourth-order valence-corrected chi connectivity index (χ4v) is 2.91. The molecule has 0 saturated heterocycles. The Morgan fingerprint density at radius 1 is 1.33 bits per heavy atom. The number of rotatable bonds is 8. The van der Waals surface area contributed by atoms with E-state index in [0.717, 1.165) is 19.2 Å². The molecule has 1 heterocycles. The third-order valence-electron chi connectivity index (χ3n) is 3.90. The summed E-state index contributed by atoms with van der Waals surface area (Å²) in [4.78, 5) is 2.03. The fourth-order valence-electron chi connectivity index (χ4n) is 2.64. The van der Waals surface area contributed by atoms with Crippen LogP contribution in [0.5, 0.6) is 5.75 Å². The quantitative estimate of drug-likeness (QED) is 0.692. The highest BCUT2D eigenvalue weighted by Crippen LogP contribution is 2.43. The van der Waals surface area contributed by atoms with Crippen LogP contribution < -0.4 is 10.1 Å². The number of halogens is 4. The summed E-state index contributed by atoms with van der Waals surface area (Å²) < 4.78 is 46.0. The maximum absolute atomic E-state index is 13.6. The first-order chi connectivity index (χ1) is 12.6. The van der Waals surface area contributed by atoms with Crippen LogP contribution in [-0.2, 0) is 12.7 Å². The molecule has 0 amide bonds. The van der Waals surface area contributed by atoms with Crippen LogP contribution in [0, 0.1) is 0 Å². The Balaban J connectivity index is 2.43. The molecule has 1 aromatic carbocycles. The number of nitrogens with one attached hydrogen (secondary N) is 2. The smallest absolute Gasteiger partial charge is 0.420 e. The van der Waals surface area contributed by atoms with E-state index in [2.05, 4.69) is 15.5 Å². The van der Waals surface area contributed by atoms with Gasteiger partial charge in [-0.3, -0.25) is 10.00 Å². The number of likely N-dealkylation sites (N-methyl/N-ethyl adjacent to an activating group) is 2. The fraction of sp³-hybridized carbons (Fsp3) is 0.500. The van der Waals surface area contributed by atoms with E-state index in [0.29, 0.717) is 23.4 Å². The highest BCUT2D eigenvalue weighted by atomic mass is 35.5. The van der Waals surface area contributed by atoms with Crippen LogP contribution in [0.1, 0.15) is 25.1 Å². The molecule has 150 valence electrons. The Kier molecular flexibility index (Phi) is 7.13. The summed E-state index contributed by atoms with van der Waals surface area (Å²) in [5.41, 5.74) is 0.675. The number of aromatic amines is 1. The zero-order chi connectivity index (χ0) is 20.2. The van der Waals surface area contributed by atoms with Crippen molar-refractivity contribution < 1.29 is 17.9 Å². The molecule has 0 aliphatic rings. The van der Waals surface area contributed by atoms with Gasteiger partial charge < -0.3 is 10.1 Å². The second-order valence-electron chi connectivity index (χ2n) is 6.59. The number of benzene rings is 1. The summed E-state index contributed by atoms with van der Waals surface area (Å²) in [6.45, 7) is 5.36. The van der Waals surface area contributed by atoms with Crippen molar-refractivity contribution in [3.63, 3.8) is 0 Å². The van der Waals surface area contributed by atoms with E-state index >= 15 is 0 Å². The standard InChI is InChI=1S/C18H24ClF3N4O/c1-11(2)27-17-14(18(20,21)22)7-12(8-15(17)19)13-9-24-25-16(13)10-26(4)6-5-23-3/h7-9,11,23H,5-6,10H2,1-4H3,(H,24,25). The summed E-state index contributed by atoms with van der Waals surface area (Å²) >= 11 is 6.15. The van der Waals surface area contributed by atoms with E-state index in [1.54, 1.807) is 20.0 Å². The molecule has 2 N–H and O–H groups in total. The van der Waals surface area contributed by atoms with Crippen LogP contribution in [-0.4, -0.2) is 48.4 Å². The molecule has 2 aromatic rings. The minimum atomic E-state index is -4.59. The molecule has 0 radical (unpaired) electrons. The number of hydrogen-bond acceptors (Lipinski definition) is 4. The van der Waals surface area contributed by atoms with E-state index in [1.165, 1.54) is 6.07 Å². The van der Waals surface area contributed by atoms with Crippen molar-refractivity contribution in [2.75, 3.05) is 27.2 Å². The number of H-pyrrole nitrogens is 1. The largest absolute Gasteiger partial charge is 0.489 e. The molecule has 0 aliphatic heterocycles. The van der Waals surface area contributed by atoms with E-state index in [-0.39, 0.29) is 10.8 Å². The van der Waals surface area contributed by atoms with Crippen molar-refractivity contribution in [1.29, 1.82) is 0 Å². The number of ether oxygens (including phenoxy) is 1.